The Labute approximate surface area is 339 Å². The Hall–Kier alpha value is -7.12. The van der Waals surface area contributed by atoms with E-state index in [2.05, 4.69) is 19.9 Å². The molecule has 0 saturated heterocycles. The molecule has 20 nitrogen and oxygen atoms in total. The summed E-state index contributed by atoms with van der Waals surface area (Å²) in [5.41, 5.74) is 3.55. The van der Waals surface area contributed by atoms with Crippen LogP contribution in [0.5, 0.6) is 0 Å². The Morgan fingerprint density at radius 2 is 0.500 bits per heavy atom. The monoisotopic (exact) mass is 832 g/mol. The van der Waals surface area contributed by atoms with Crippen molar-refractivity contribution in [3.05, 3.63) is 90.1 Å². The number of carbonyl (C=O) groups is 8. The summed E-state index contributed by atoms with van der Waals surface area (Å²) >= 11 is 0. The summed E-state index contributed by atoms with van der Waals surface area (Å²) in [4.78, 5) is 109. The number of rotatable bonds is 20. The molecule has 5 heterocycles. The number of aliphatic carboxylic acids is 8. The lowest BCUT2D eigenvalue weighted by atomic mass is 9.93. The molecule has 60 heavy (non-hydrogen) atoms. The van der Waals surface area contributed by atoms with Crippen LogP contribution in [0, 0.1) is 0 Å². The molecule has 0 unspecified atom stereocenters. The molecule has 0 atom stereocenters. The maximum absolute atomic E-state index is 12.3. The fourth-order valence-corrected chi connectivity index (χ4v) is 8.28. The number of H-pyrrole nitrogens is 4. The number of carbonyl (C=O) groups excluding carboxylic acids is 4. The molecule has 4 aromatic heterocycles. The molecule has 0 saturated carbocycles. The Bertz CT molecular complexity index is 2060. The molecule has 5 rings (SSSR count). The van der Waals surface area contributed by atoms with E-state index in [9.17, 15) is 79.2 Å². The summed E-state index contributed by atoms with van der Waals surface area (Å²) in [5.74, 6) is -11.1. The SMILES string of the molecule is O=C([O-])CCc1c2[nH]c(c1CC(=O)O)Cc1[nH]c(c(CC(=O)O)c1CCC(=O)[O-])Cc1[nH]c(c(CC(=O)O)c1CCC(=O)[O-])Cc1[nH]c(c(CC(=O)O)c1CCC(=O)[O-])C2. The van der Waals surface area contributed by atoms with Gasteiger partial charge in [0.15, 0.2) is 0 Å². The molecule has 320 valence electrons. The summed E-state index contributed by atoms with van der Waals surface area (Å²) in [6.07, 6.45) is -6.55. The topological polar surface area (TPSA) is 373 Å². The van der Waals surface area contributed by atoms with Gasteiger partial charge in [0.05, 0.1) is 25.7 Å². The number of carboxylic acid groups (broad SMARTS) is 8. The third kappa shape index (κ3) is 10.7. The van der Waals surface area contributed by atoms with E-state index in [-0.39, 0.29) is 141 Å². The standard InChI is InChI=1S/C40H44N4O16/c45-33(46)5-1-17-21(9-37(53)54)29-14-26-19(3-7-35(49)50)23(11-39(57)58)31(43-26)16-28-20(4-8-36(51)52)24(12-40(59)60)32(44-28)15-27-18(2-6-34(47)48)22(10-38(55)56)30(42-27)13-25(17)41-29/h41-44H,1-16H2,(H,45,46)(H,47,48)(H,49,50)(H,51,52)(H,53,54)(H,55,56)(H,57,58)(H,59,60)/p-4. The fourth-order valence-electron chi connectivity index (χ4n) is 8.28. The summed E-state index contributed by atoms with van der Waals surface area (Å²) in [6.45, 7) is 0. The van der Waals surface area contributed by atoms with Crippen LogP contribution in [0.2, 0.25) is 0 Å². The molecule has 0 aromatic carbocycles. The molecular formula is C40H40N4O16-4. The first kappa shape index (κ1) is 44.0. The normalized spacial score (nSPS) is 12.3. The zero-order valence-corrected chi connectivity index (χ0v) is 32.0. The van der Waals surface area contributed by atoms with Crippen molar-refractivity contribution in [2.24, 2.45) is 0 Å². The van der Waals surface area contributed by atoms with Gasteiger partial charge in [-0.2, -0.15) is 0 Å². The van der Waals surface area contributed by atoms with E-state index < -0.39 is 99.1 Å². The Kier molecular flexibility index (Phi) is 13.7. The van der Waals surface area contributed by atoms with Crippen LogP contribution in [-0.4, -0.2) is 88.1 Å². The lowest BCUT2D eigenvalue weighted by Crippen LogP contribution is -2.23. The Balaban J connectivity index is 1.90. The summed E-state index contributed by atoms with van der Waals surface area (Å²) < 4.78 is 0. The summed E-state index contributed by atoms with van der Waals surface area (Å²) in [7, 11) is 0. The van der Waals surface area contributed by atoms with Crippen molar-refractivity contribution < 1.29 is 79.2 Å². The minimum Gasteiger partial charge on any atom is -0.550 e. The van der Waals surface area contributed by atoms with Crippen molar-refractivity contribution in [1.29, 1.82) is 0 Å². The highest BCUT2D eigenvalue weighted by Crippen LogP contribution is 2.35. The van der Waals surface area contributed by atoms with Crippen LogP contribution in [0.15, 0.2) is 0 Å². The van der Waals surface area contributed by atoms with Crippen molar-refractivity contribution in [1.82, 2.24) is 19.9 Å². The quantitative estimate of drug-likeness (QED) is 0.0385. The van der Waals surface area contributed by atoms with Gasteiger partial charge in [-0.15, -0.1) is 0 Å². The van der Waals surface area contributed by atoms with Crippen molar-refractivity contribution in [3.63, 3.8) is 0 Å². The number of carboxylic acids is 8. The number of hydrogen-bond acceptors (Lipinski definition) is 12. The Morgan fingerprint density at radius 1 is 0.333 bits per heavy atom. The molecule has 0 spiro atoms. The van der Waals surface area contributed by atoms with Gasteiger partial charge in [0.1, 0.15) is 0 Å². The molecule has 4 aromatic rings. The van der Waals surface area contributed by atoms with Crippen LogP contribution in [0.25, 0.3) is 0 Å². The zero-order valence-electron chi connectivity index (χ0n) is 32.0. The molecule has 20 heteroatoms. The largest absolute Gasteiger partial charge is 0.550 e. The van der Waals surface area contributed by atoms with Crippen LogP contribution in [-0.2, 0) is 115 Å². The smallest absolute Gasteiger partial charge is 0.307 e. The van der Waals surface area contributed by atoms with Gasteiger partial charge in [-0.3, -0.25) is 19.2 Å². The summed E-state index contributed by atoms with van der Waals surface area (Å²) in [5, 5.41) is 87.1. The predicted octanol–water partition coefficient (Wildman–Crippen LogP) is -3.09. The second-order valence-electron chi connectivity index (χ2n) is 14.6. The zero-order chi connectivity index (χ0) is 44.0. The molecule has 0 radical (unpaired) electrons. The van der Waals surface area contributed by atoms with Crippen LogP contribution in [0.1, 0.15) is 116 Å². The van der Waals surface area contributed by atoms with Gasteiger partial charge in [0, 0.05) is 95.1 Å². The maximum atomic E-state index is 12.3. The first-order valence-electron chi connectivity index (χ1n) is 18.8. The molecule has 0 aliphatic carbocycles. The highest BCUT2D eigenvalue weighted by atomic mass is 16.4. The van der Waals surface area contributed by atoms with Crippen LogP contribution >= 0.6 is 0 Å². The van der Waals surface area contributed by atoms with Crippen LogP contribution < -0.4 is 20.4 Å². The minimum atomic E-state index is -1.46. The maximum Gasteiger partial charge on any atom is 0.307 e. The number of hydrogen-bond donors (Lipinski definition) is 8. The second-order valence-corrected chi connectivity index (χ2v) is 14.6. The summed E-state index contributed by atoms with van der Waals surface area (Å²) in [6, 6.07) is 0. The van der Waals surface area contributed by atoms with Gasteiger partial charge in [-0.25, -0.2) is 0 Å². The number of nitrogens with one attached hydrogen (secondary N) is 4. The van der Waals surface area contributed by atoms with Gasteiger partial charge in [0.2, 0.25) is 0 Å². The average Bonchev–Trinajstić information content (AvgIpc) is 3.81. The third-order valence-electron chi connectivity index (χ3n) is 10.6. The van der Waals surface area contributed by atoms with E-state index >= 15 is 0 Å². The van der Waals surface area contributed by atoms with Gasteiger partial charge in [-0.05, 0) is 95.9 Å². The molecule has 8 N–H and O–H groups in total. The Morgan fingerprint density at radius 3 is 0.650 bits per heavy atom. The number of aromatic nitrogens is 4. The second kappa shape index (κ2) is 18.6. The predicted molar refractivity (Wildman–Crippen MR) is 193 cm³/mol. The van der Waals surface area contributed by atoms with Crippen molar-refractivity contribution in [2.75, 3.05) is 0 Å². The number of aromatic amines is 4. The average molecular weight is 833 g/mol. The van der Waals surface area contributed by atoms with E-state index in [4.69, 9.17) is 0 Å². The fraction of sp³-hybridized carbons (Fsp3) is 0.400. The molecule has 0 fully saturated rings. The van der Waals surface area contributed by atoms with E-state index in [1.54, 1.807) is 0 Å². The molecular weight excluding hydrogens is 792 g/mol. The van der Waals surface area contributed by atoms with Gasteiger partial charge >= 0.3 is 23.9 Å². The number of fused-ring (bicyclic) bond motifs is 8. The van der Waals surface area contributed by atoms with Crippen molar-refractivity contribution in [3.8, 4) is 0 Å². The highest BCUT2D eigenvalue weighted by molar-refractivity contribution is 5.75. The van der Waals surface area contributed by atoms with Crippen LogP contribution in [0.4, 0.5) is 0 Å². The lowest BCUT2D eigenvalue weighted by Gasteiger charge is -2.11. The third-order valence-corrected chi connectivity index (χ3v) is 10.6. The van der Waals surface area contributed by atoms with Crippen LogP contribution in [0.3, 0.4) is 0 Å². The van der Waals surface area contributed by atoms with E-state index in [0.717, 1.165) is 0 Å². The minimum absolute atomic E-state index is 0.157. The molecule has 1 aliphatic heterocycles. The van der Waals surface area contributed by atoms with Gasteiger partial charge < -0.3 is 80.0 Å². The van der Waals surface area contributed by atoms with E-state index in [0.29, 0.717) is 0 Å². The van der Waals surface area contributed by atoms with Crippen molar-refractivity contribution in [2.45, 2.75) is 103 Å². The van der Waals surface area contributed by atoms with E-state index in [1.807, 2.05) is 0 Å². The first-order valence-corrected chi connectivity index (χ1v) is 18.8. The molecule has 8 bridgehead atoms. The first-order chi connectivity index (χ1) is 28.3. The molecule has 1 aliphatic rings. The van der Waals surface area contributed by atoms with E-state index in [1.165, 1.54) is 0 Å². The lowest BCUT2D eigenvalue weighted by molar-refractivity contribution is -0.307. The highest BCUT2D eigenvalue weighted by Gasteiger charge is 2.29. The van der Waals surface area contributed by atoms with Gasteiger partial charge in [-0.1, -0.05) is 0 Å². The van der Waals surface area contributed by atoms with Crippen molar-refractivity contribution >= 4 is 47.8 Å². The van der Waals surface area contributed by atoms with Gasteiger partial charge in [0.25, 0.3) is 0 Å². The molecule has 0 amide bonds.